The predicted molar refractivity (Wildman–Crippen MR) is 171 cm³/mol. The molecule has 1 N–H and O–H groups in total. The fourth-order valence-corrected chi connectivity index (χ4v) is 8.72. The van der Waals surface area contributed by atoms with Crippen molar-refractivity contribution in [3.8, 4) is 6.07 Å². The molecule has 44 heavy (non-hydrogen) atoms. The minimum absolute atomic E-state index is 0.0162. The van der Waals surface area contributed by atoms with Crippen LogP contribution in [0.3, 0.4) is 0 Å². The number of nitriles is 1. The second kappa shape index (κ2) is 13.6. The molecule has 9 heteroatoms. The van der Waals surface area contributed by atoms with Crippen molar-refractivity contribution in [3.05, 3.63) is 84.7 Å². The third kappa shape index (κ3) is 6.16. The Labute approximate surface area is 263 Å². The Bertz CT molecular complexity index is 1420. The number of amides is 1. The smallest absolute Gasteiger partial charge is 0.407 e. The number of hydrogen-bond acceptors (Lipinski definition) is 7. The van der Waals surface area contributed by atoms with Gasteiger partial charge in [-0.3, -0.25) is 4.98 Å². The summed E-state index contributed by atoms with van der Waals surface area (Å²) in [5.41, 5.74) is 1.55. The van der Waals surface area contributed by atoms with E-state index < -0.39 is 22.7 Å². The first-order valence-corrected chi connectivity index (χ1v) is 16.9. The molecule has 230 valence electrons. The maximum absolute atomic E-state index is 12.8. The first-order valence-electron chi connectivity index (χ1n) is 15.8. The standard InChI is InChI=1S/C35H41N5O3S/c1-37-34(41)43-33-9-5-8-32(33)35(25-36,27-6-3-2-4-7-27)28-16-20-39(21-17-28)22-26-23-40(24-26)29-10-12-30(13-11-29)44(42)31-14-18-38-19-15-31/h2-4,6-7,10-15,18-19,26,28,32-33H,5,8-9,16-17,20-24H2,1H3,(H,37,41)/t32-,33-,35?,44?/m0/s1. The van der Waals surface area contributed by atoms with E-state index in [0.717, 1.165) is 80.2 Å². The topological polar surface area (TPSA) is 105 Å². The van der Waals surface area contributed by atoms with Crippen LogP contribution in [0.25, 0.3) is 0 Å². The van der Waals surface area contributed by atoms with Crippen LogP contribution in [0.15, 0.2) is 88.9 Å². The van der Waals surface area contributed by atoms with Gasteiger partial charge in [0, 0.05) is 79.9 Å². The van der Waals surface area contributed by atoms with Crippen molar-refractivity contribution >= 4 is 23.0 Å². The molecular formula is C35H41N5O3S. The lowest BCUT2D eigenvalue weighted by Gasteiger charge is -2.47. The molecule has 1 saturated carbocycles. The van der Waals surface area contributed by atoms with Crippen LogP contribution < -0.4 is 10.2 Å². The average Bonchev–Trinajstić information content (AvgIpc) is 3.52. The Morgan fingerprint density at radius 2 is 1.70 bits per heavy atom. The van der Waals surface area contributed by atoms with Crippen molar-refractivity contribution in [2.75, 3.05) is 44.7 Å². The maximum atomic E-state index is 12.8. The number of piperidine rings is 1. The minimum Gasteiger partial charge on any atom is -0.606 e. The van der Waals surface area contributed by atoms with Gasteiger partial charge in [-0.15, -0.1) is 0 Å². The lowest BCUT2D eigenvalue weighted by Crippen LogP contribution is -2.54. The summed E-state index contributed by atoms with van der Waals surface area (Å²) in [6.45, 7) is 5.03. The third-order valence-corrected chi connectivity index (χ3v) is 11.3. The Morgan fingerprint density at radius 3 is 2.36 bits per heavy atom. The van der Waals surface area contributed by atoms with Gasteiger partial charge in [0.25, 0.3) is 0 Å². The molecule has 2 saturated heterocycles. The number of likely N-dealkylation sites (tertiary alicyclic amines) is 1. The molecule has 8 nitrogen and oxygen atoms in total. The number of aromatic nitrogens is 1. The highest BCUT2D eigenvalue weighted by molar-refractivity contribution is 7.91. The first-order chi connectivity index (χ1) is 21.5. The van der Waals surface area contributed by atoms with Gasteiger partial charge in [0.1, 0.15) is 6.10 Å². The highest BCUT2D eigenvalue weighted by Gasteiger charge is 2.53. The van der Waals surface area contributed by atoms with Crippen LogP contribution in [0.4, 0.5) is 10.5 Å². The molecule has 1 amide bonds. The number of pyridine rings is 1. The number of ether oxygens (including phenoxy) is 1. The third-order valence-electron chi connectivity index (χ3n) is 9.92. The van der Waals surface area contributed by atoms with Crippen LogP contribution in [0.5, 0.6) is 0 Å². The molecule has 0 radical (unpaired) electrons. The second-order valence-corrected chi connectivity index (χ2v) is 13.8. The van der Waals surface area contributed by atoms with Crippen molar-refractivity contribution in [3.63, 3.8) is 0 Å². The van der Waals surface area contributed by atoms with Crippen LogP contribution in [-0.4, -0.2) is 66.4 Å². The summed E-state index contributed by atoms with van der Waals surface area (Å²) in [6.07, 6.45) is 7.24. The number of benzene rings is 2. The minimum atomic E-state index is -1.20. The molecule has 2 aromatic carbocycles. The number of nitrogens with zero attached hydrogens (tertiary/aromatic N) is 4. The lowest BCUT2D eigenvalue weighted by molar-refractivity contribution is 0.0307. The zero-order valence-corrected chi connectivity index (χ0v) is 26.1. The van der Waals surface area contributed by atoms with Crippen LogP contribution in [0.2, 0.25) is 0 Å². The van der Waals surface area contributed by atoms with E-state index in [-0.39, 0.29) is 17.9 Å². The number of nitrogens with one attached hydrogen (secondary N) is 1. The van der Waals surface area contributed by atoms with Crippen molar-refractivity contribution < 1.29 is 14.1 Å². The van der Waals surface area contributed by atoms with Crippen molar-refractivity contribution in [1.29, 1.82) is 5.26 Å². The van der Waals surface area contributed by atoms with Gasteiger partial charge in [-0.25, -0.2) is 4.79 Å². The molecule has 6 rings (SSSR count). The van der Waals surface area contributed by atoms with Crippen LogP contribution in [0, 0.1) is 29.1 Å². The van der Waals surface area contributed by atoms with Gasteiger partial charge < -0.3 is 24.4 Å². The van der Waals surface area contributed by atoms with E-state index in [2.05, 4.69) is 50.4 Å². The molecule has 3 heterocycles. The monoisotopic (exact) mass is 611 g/mol. The quantitative estimate of drug-likeness (QED) is 0.324. The number of hydrogen-bond donors (Lipinski definition) is 1. The fraction of sp³-hybridized carbons (Fsp3) is 0.457. The molecule has 3 aromatic rings. The summed E-state index contributed by atoms with van der Waals surface area (Å²) in [5.74, 6) is 0.795. The fourth-order valence-electron chi connectivity index (χ4n) is 7.70. The molecule has 3 fully saturated rings. The van der Waals surface area contributed by atoms with Gasteiger partial charge in [-0.05, 0) is 80.9 Å². The molecule has 1 aromatic heterocycles. The number of carbonyl (C=O) groups is 1. The summed E-state index contributed by atoms with van der Waals surface area (Å²) in [6, 6.07) is 24.7. The molecule has 0 bridgehead atoms. The largest absolute Gasteiger partial charge is 0.606 e. The Kier molecular flexibility index (Phi) is 9.41. The SMILES string of the molecule is CNC(=O)O[C@H]1CCC[C@@H]1C(C#N)(c1ccccc1)C1CCN(CC2CN(c3ccc([S+]([O-])c4ccncc4)cc3)C2)CC1. The van der Waals surface area contributed by atoms with Gasteiger partial charge in [0.05, 0.1) is 11.5 Å². The van der Waals surface area contributed by atoms with E-state index in [1.165, 1.54) is 5.69 Å². The zero-order valence-electron chi connectivity index (χ0n) is 25.3. The van der Waals surface area contributed by atoms with Gasteiger partial charge in [-0.1, -0.05) is 30.3 Å². The van der Waals surface area contributed by atoms with Gasteiger partial charge >= 0.3 is 6.09 Å². The van der Waals surface area contributed by atoms with E-state index in [9.17, 15) is 14.6 Å². The number of alkyl carbamates (subject to hydrolysis) is 1. The summed E-state index contributed by atoms with van der Waals surface area (Å²) in [4.78, 5) is 22.7. The lowest BCUT2D eigenvalue weighted by atomic mass is 9.59. The average molecular weight is 612 g/mol. The molecule has 3 aliphatic rings. The summed E-state index contributed by atoms with van der Waals surface area (Å²) < 4.78 is 18.7. The summed E-state index contributed by atoms with van der Waals surface area (Å²) in [5, 5.41) is 13.5. The van der Waals surface area contributed by atoms with Gasteiger partial charge in [0.2, 0.25) is 0 Å². The zero-order chi connectivity index (χ0) is 30.5. The second-order valence-electron chi connectivity index (χ2n) is 12.4. The van der Waals surface area contributed by atoms with E-state index in [1.807, 2.05) is 30.3 Å². The van der Waals surface area contributed by atoms with E-state index in [1.54, 1.807) is 31.6 Å². The predicted octanol–water partition coefficient (Wildman–Crippen LogP) is 5.38. The van der Waals surface area contributed by atoms with Crippen LogP contribution in [-0.2, 0) is 21.3 Å². The molecule has 2 aliphatic heterocycles. The van der Waals surface area contributed by atoms with Crippen LogP contribution in [0.1, 0.15) is 37.7 Å². The van der Waals surface area contributed by atoms with E-state index in [0.29, 0.717) is 5.92 Å². The first kappa shape index (κ1) is 30.4. The Balaban J connectivity index is 1.06. The number of carbonyl (C=O) groups excluding carboxylic acids is 1. The number of anilines is 1. The maximum Gasteiger partial charge on any atom is 0.407 e. The highest BCUT2D eigenvalue weighted by Crippen LogP contribution is 2.51. The Morgan fingerprint density at radius 1 is 1.02 bits per heavy atom. The molecule has 4 atom stereocenters. The normalized spacial score (nSPS) is 23.2. The molecular weight excluding hydrogens is 570 g/mol. The van der Waals surface area contributed by atoms with E-state index in [4.69, 9.17) is 4.74 Å². The van der Waals surface area contributed by atoms with Crippen molar-refractivity contribution in [2.45, 2.75) is 53.4 Å². The van der Waals surface area contributed by atoms with Gasteiger partial charge in [0.15, 0.2) is 9.79 Å². The summed E-state index contributed by atoms with van der Waals surface area (Å²) >= 11 is -1.20. The molecule has 2 unspecified atom stereocenters. The molecule has 0 spiro atoms. The number of rotatable bonds is 9. The van der Waals surface area contributed by atoms with Crippen LogP contribution >= 0.6 is 0 Å². The van der Waals surface area contributed by atoms with Gasteiger partial charge in [-0.2, -0.15) is 5.26 Å². The molecule has 1 aliphatic carbocycles. The van der Waals surface area contributed by atoms with Crippen molar-refractivity contribution in [1.82, 2.24) is 15.2 Å². The summed E-state index contributed by atoms with van der Waals surface area (Å²) in [7, 11) is 1.59. The van der Waals surface area contributed by atoms with Crippen molar-refractivity contribution in [2.24, 2.45) is 17.8 Å². The Hall–Kier alpha value is -3.58. The van der Waals surface area contributed by atoms with E-state index >= 15 is 0 Å². The highest BCUT2D eigenvalue weighted by atomic mass is 32.2.